The first-order valence-electron chi connectivity index (χ1n) is 12.5. The number of para-hydroxylation sites is 1. The SMILES string of the molecule is Cc1c(/C=C2\SC(=O)N(CC(=O)N3CCC(C)CC3)C2=O)c2ccccc2n1Cc1ccccc1C#N. The molecule has 0 atom stereocenters. The maximum Gasteiger partial charge on any atom is 0.294 e. The van der Waals surface area contributed by atoms with Crippen LogP contribution >= 0.6 is 11.8 Å². The van der Waals surface area contributed by atoms with Gasteiger partial charge in [0.15, 0.2) is 0 Å². The number of carbonyl (C=O) groups is 3. The number of nitrogens with zero attached hydrogens (tertiary/aromatic N) is 4. The first-order valence-corrected chi connectivity index (χ1v) is 13.3. The molecule has 0 unspecified atom stereocenters. The van der Waals surface area contributed by atoms with Crippen LogP contribution < -0.4 is 0 Å². The lowest BCUT2D eigenvalue weighted by molar-refractivity contribution is -0.136. The summed E-state index contributed by atoms with van der Waals surface area (Å²) >= 11 is 0.878. The molecule has 0 N–H and O–H groups in total. The lowest BCUT2D eigenvalue weighted by atomic mass is 9.99. The van der Waals surface area contributed by atoms with Crippen LogP contribution in [0.25, 0.3) is 17.0 Å². The number of piperidine rings is 1. The molecule has 5 rings (SSSR count). The molecular weight excluding hydrogens is 484 g/mol. The second-order valence-electron chi connectivity index (χ2n) is 9.70. The number of amides is 3. The summed E-state index contributed by atoms with van der Waals surface area (Å²) in [5.74, 6) is -0.0258. The van der Waals surface area contributed by atoms with Crippen molar-refractivity contribution in [2.24, 2.45) is 5.92 Å². The number of nitriles is 1. The van der Waals surface area contributed by atoms with Gasteiger partial charge in [0.2, 0.25) is 5.91 Å². The van der Waals surface area contributed by atoms with Crippen LogP contribution in [-0.4, -0.2) is 51.1 Å². The van der Waals surface area contributed by atoms with E-state index in [-0.39, 0.29) is 12.5 Å². The fourth-order valence-electron chi connectivity index (χ4n) is 5.04. The lowest BCUT2D eigenvalue weighted by Crippen LogP contribution is -2.45. The summed E-state index contributed by atoms with van der Waals surface area (Å²) in [6.07, 6.45) is 3.65. The van der Waals surface area contributed by atoms with E-state index in [0.29, 0.717) is 36.0 Å². The van der Waals surface area contributed by atoms with E-state index in [2.05, 4.69) is 17.6 Å². The number of fused-ring (bicyclic) bond motifs is 1. The molecule has 8 heteroatoms. The van der Waals surface area contributed by atoms with Gasteiger partial charge in [-0.2, -0.15) is 5.26 Å². The molecular formula is C29H28N4O3S. The smallest absolute Gasteiger partial charge is 0.294 e. The number of rotatable bonds is 5. The Morgan fingerprint density at radius 1 is 1.11 bits per heavy atom. The first kappa shape index (κ1) is 24.8. The monoisotopic (exact) mass is 512 g/mol. The van der Waals surface area contributed by atoms with E-state index in [1.165, 1.54) is 0 Å². The topological polar surface area (TPSA) is 86.4 Å². The summed E-state index contributed by atoms with van der Waals surface area (Å²) in [5, 5.41) is 10.1. The van der Waals surface area contributed by atoms with Crippen molar-refractivity contribution >= 4 is 45.8 Å². The van der Waals surface area contributed by atoms with Crippen LogP contribution in [0, 0.1) is 24.2 Å². The van der Waals surface area contributed by atoms with Crippen LogP contribution in [0.1, 0.15) is 42.1 Å². The fraction of sp³-hybridized carbons (Fsp3) is 0.310. The molecule has 188 valence electrons. The molecule has 2 aliphatic heterocycles. The molecule has 3 aromatic rings. The van der Waals surface area contributed by atoms with E-state index in [1.807, 2.05) is 49.4 Å². The highest BCUT2D eigenvalue weighted by atomic mass is 32.2. The van der Waals surface area contributed by atoms with Crippen molar-refractivity contribution in [3.8, 4) is 6.07 Å². The molecule has 0 spiro atoms. The first-order chi connectivity index (χ1) is 17.9. The number of imide groups is 1. The minimum atomic E-state index is -0.431. The van der Waals surface area contributed by atoms with Gasteiger partial charge in [-0.25, -0.2) is 0 Å². The zero-order valence-corrected chi connectivity index (χ0v) is 21.8. The summed E-state index contributed by atoms with van der Waals surface area (Å²) in [6, 6.07) is 17.7. The molecule has 0 aliphatic carbocycles. The van der Waals surface area contributed by atoms with Gasteiger partial charge >= 0.3 is 0 Å². The second kappa shape index (κ2) is 10.3. The van der Waals surface area contributed by atoms with Crippen LogP contribution in [0.4, 0.5) is 4.79 Å². The summed E-state index contributed by atoms with van der Waals surface area (Å²) < 4.78 is 2.13. The lowest BCUT2D eigenvalue weighted by Gasteiger charge is -2.31. The van der Waals surface area contributed by atoms with Crippen molar-refractivity contribution in [3.05, 3.63) is 75.8 Å². The van der Waals surface area contributed by atoms with Gasteiger partial charge in [0.25, 0.3) is 11.1 Å². The Balaban J connectivity index is 1.44. The molecule has 3 amide bonds. The number of hydrogen-bond donors (Lipinski definition) is 0. The molecule has 0 saturated carbocycles. The van der Waals surface area contributed by atoms with Gasteiger partial charge < -0.3 is 9.47 Å². The van der Waals surface area contributed by atoms with Gasteiger partial charge in [0, 0.05) is 41.8 Å². The van der Waals surface area contributed by atoms with Crippen molar-refractivity contribution in [1.82, 2.24) is 14.4 Å². The van der Waals surface area contributed by atoms with Crippen LogP contribution in [0.5, 0.6) is 0 Å². The number of likely N-dealkylation sites (tertiary alicyclic amines) is 1. The van der Waals surface area contributed by atoms with Crippen molar-refractivity contribution in [3.63, 3.8) is 0 Å². The highest BCUT2D eigenvalue weighted by molar-refractivity contribution is 8.18. The van der Waals surface area contributed by atoms with E-state index in [4.69, 9.17) is 0 Å². The van der Waals surface area contributed by atoms with E-state index in [1.54, 1.807) is 17.0 Å². The Morgan fingerprint density at radius 2 is 1.81 bits per heavy atom. The summed E-state index contributed by atoms with van der Waals surface area (Å²) in [7, 11) is 0. The van der Waals surface area contributed by atoms with Gasteiger partial charge in [-0.15, -0.1) is 0 Å². The van der Waals surface area contributed by atoms with Crippen molar-refractivity contribution < 1.29 is 14.4 Å². The van der Waals surface area contributed by atoms with Crippen LogP contribution in [-0.2, 0) is 16.1 Å². The molecule has 37 heavy (non-hydrogen) atoms. The Bertz CT molecular complexity index is 1470. The predicted molar refractivity (Wildman–Crippen MR) is 145 cm³/mol. The zero-order valence-electron chi connectivity index (χ0n) is 20.9. The third-order valence-corrected chi connectivity index (χ3v) is 8.23. The highest BCUT2D eigenvalue weighted by Crippen LogP contribution is 2.36. The number of benzene rings is 2. The Morgan fingerprint density at radius 3 is 2.57 bits per heavy atom. The molecule has 2 aromatic carbocycles. The second-order valence-corrected chi connectivity index (χ2v) is 10.7. The predicted octanol–water partition coefficient (Wildman–Crippen LogP) is 5.16. The third kappa shape index (κ3) is 4.79. The number of aromatic nitrogens is 1. The highest BCUT2D eigenvalue weighted by Gasteiger charge is 2.37. The van der Waals surface area contributed by atoms with E-state index >= 15 is 0 Å². The average Bonchev–Trinajstić information content (AvgIpc) is 3.32. The Labute approximate surface area is 220 Å². The van der Waals surface area contributed by atoms with Crippen LogP contribution in [0.3, 0.4) is 0 Å². The van der Waals surface area contributed by atoms with Gasteiger partial charge in [0.05, 0.1) is 16.5 Å². The van der Waals surface area contributed by atoms with E-state index in [9.17, 15) is 19.6 Å². The Kier molecular flexibility index (Phi) is 6.90. The molecule has 3 heterocycles. The van der Waals surface area contributed by atoms with Gasteiger partial charge in [0.1, 0.15) is 6.54 Å². The molecule has 7 nitrogen and oxygen atoms in total. The summed E-state index contributed by atoms with van der Waals surface area (Å²) in [5.41, 5.74) is 4.29. The molecule has 0 bridgehead atoms. The molecule has 1 aromatic heterocycles. The van der Waals surface area contributed by atoms with Gasteiger partial charge in [-0.1, -0.05) is 43.3 Å². The largest absolute Gasteiger partial charge is 0.341 e. The Hall–Kier alpha value is -3.83. The van der Waals surface area contributed by atoms with Crippen LogP contribution in [0.15, 0.2) is 53.4 Å². The normalized spacial score (nSPS) is 17.7. The minimum absolute atomic E-state index is 0.181. The zero-order chi connectivity index (χ0) is 26.1. The quantitative estimate of drug-likeness (QED) is 0.441. The molecule has 2 saturated heterocycles. The molecule has 2 fully saturated rings. The van der Waals surface area contributed by atoms with Crippen LogP contribution in [0.2, 0.25) is 0 Å². The third-order valence-electron chi connectivity index (χ3n) is 7.32. The number of hydrogen-bond acceptors (Lipinski definition) is 5. The average molecular weight is 513 g/mol. The number of carbonyl (C=O) groups excluding carboxylic acids is 3. The van der Waals surface area contributed by atoms with E-state index < -0.39 is 11.1 Å². The van der Waals surface area contributed by atoms with E-state index in [0.717, 1.165) is 57.2 Å². The van der Waals surface area contributed by atoms with Crippen molar-refractivity contribution in [2.45, 2.75) is 33.2 Å². The summed E-state index contributed by atoms with van der Waals surface area (Å²) in [4.78, 5) is 41.9. The molecule has 2 aliphatic rings. The summed E-state index contributed by atoms with van der Waals surface area (Å²) in [6.45, 7) is 5.77. The fourth-order valence-corrected chi connectivity index (χ4v) is 5.86. The number of thioether (sulfide) groups is 1. The standard InChI is InChI=1S/C29H28N4O3S/c1-19-11-13-31(14-12-19)27(34)18-33-28(35)26(37-29(33)36)15-24-20(2)32(25-10-6-5-9-23(24)25)17-22-8-4-3-7-21(22)16-30/h3-10,15,19H,11-14,17-18H2,1-2H3/b26-15-. The van der Waals surface area contributed by atoms with Crippen molar-refractivity contribution in [2.75, 3.05) is 19.6 Å². The maximum atomic E-state index is 13.2. The van der Waals surface area contributed by atoms with Gasteiger partial charge in [-0.3, -0.25) is 19.3 Å². The minimum Gasteiger partial charge on any atom is -0.341 e. The molecule has 0 radical (unpaired) electrons. The maximum absolute atomic E-state index is 13.2. The van der Waals surface area contributed by atoms with Crippen molar-refractivity contribution in [1.29, 1.82) is 5.26 Å². The van der Waals surface area contributed by atoms with Gasteiger partial charge in [-0.05, 0) is 61.2 Å².